The molecule has 2 unspecified atom stereocenters. The number of nitrogens with zero attached hydrogens (tertiary/aromatic N) is 1. The van der Waals surface area contributed by atoms with Crippen LogP contribution in [0, 0.1) is 6.92 Å². The van der Waals surface area contributed by atoms with Crippen molar-refractivity contribution >= 4 is 11.8 Å². The van der Waals surface area contributed by atoms with Crippen molar-refractivity contribution in [3.05, 3.63) is 71.3 Å². The molecule has 0 aliphatic heterocycles. The van der Waals surface area contributed by atoms with Crippen molar-refractivity contribution in [3.63, 3.8) is 0 Å². The summed E-state index contributed by atoms with van der Waals surface area (Å²) in [7, 11) is 0. The molecule has 0 saturated heterocycles. The fourth-order valence-electron chi connectivity index (χ4n) is 3.08. The van der Waals surface area contributed by atoms with Crippen molar-refractivity contribution in [1.82, 2.24) is 10.2 Å². The zero-order valence-electron chi connectivity index (χ0n) is 16.7. The third kappa shape index (κ3) is 6.24. The van der Waals surface area contributed by atoms with E-state index in [4.69, 9.17) is 0 Å². The van der Waals surface area contributed by atoms with Crippen LogP contribution in [0.1, 0.15) is 56.3 Å². The van der Waals surface area contributed by atoms with Crippen LogP contribution in [0.25, 0.3) is 0 Å². The van der Waals surface area contributed by atoms with Crippen LogP contribution in [0.5, 0.6) is 0 Å². The molecule has 27 heavy (non-hydrogen) atoms. The van der Waals surface area contributed by atoms with Gasteiger partial charge in [0.1, 0.15) is 0 Å². The lowest BCUT2D eigenvalue weighted by Gasteiger charge is -2.31. The normalized spacial score (nSPS) is 12.9. The first-order chi connectivity index (χ1) is 12.9. The Hall–Kier alpha value is -2.62. The molecule has 2 aromatic rings. The van der Waals surface area contributed by atoms with Gasteiger partial charge in [-0.3, -0.25) is 9.59 Å². The molecule has 2 rings (SSSR count). The van der Waals surface area contributed by atoms with Gasteiger partial charge >= 0.3 is 0 Å². The lowest BCUT2D eigenvalue weighted by atomic mass is 10.0. The molecule has 1 N–H and O–H groups in total. The first-order valence-electron chi connectivity index (χ1n) is 9.57. The van der Waals surface area contributed by atoms with Crippen molar-refractivity contribution in [2.24, 2.45) is 0 Å². The van der Waals surface area contributed by atoms with E-state index in [1.54, 1.807) is 0 Å². The number of hydrogen-bond donors (Lipinski definition) is 1. The number of rotatable bonds is 8. The van der Waals surface area contributed by atoms with Gasteiger partial charge in [-0.15, -0.1) is 0 Å². The summed E-state index contributed by atoms with van der Waals surface area (Å²) >= 11 is 0. The Morgan fingerprint density at radius 1 is 1.04 bits per heavy atom. The first kappa shape index (κ1) is 20.7. The van der Waals surface area contributed by atoms with E-state index in [0.29, 0.717) is 6.54 Å². The van der Waals surface area contributed by atoms with E-state index >= 15 is 0 Å². The minimum Gasteiger partial charge on any atom is -0.349 e. The molecule has 0 spiro atoms. The maximum Gasteiger partial charge on any atom is 0.225 e. The molecule has 0 radical (unpaired) electrons. The summed E-state index contributed by atoms with van der Waals surface area (Å²) in [5.41, 5.74) is 3.21. The highest BCUT2D eigenvalue weighted by Gasteiger charge is 2.24. The maximum absolute atomic E-state index is 13.2. The summed E-state index contributed by atoms with van der Waals surface area (Å²) < 4.78 is 0. The smallest absolute Gasteiger partial charge is 0.225 e. The molecule has 144 valence electrons. The second-order valence-corrected chi connectivity index (χ2v) is 7.13. The van der Waals surface area contributed by atoms with Crippen molar-refractivity contribution in [2.45, 2.75) is 59.2 Å². The fraction of sp³-hybridized carbons (Fsp3) is 0.391. The summed E-state index contributed by atoms with van der Waals surface area (Å²) in [6, 6.07) is 17.8. The Labute approximate surface area is 162 Å². The first-order valence-corrected chi connectivity index (χ1v) is 9.57. The van der Waals surface area contributed by atoms with Gasteiger partial charge in [-0.2, -0.15) is 0 Å². The SMILES string of the molecule is CCC(C)N(Cc1ccccc1)C(=O)CC(NC(C)=O)c1ccc(C)cc1. The Morgan fingerprint density at radius 3 is 2.22 bits per heavy atom. The van der Waals surface area contributed by atoms with Gasteiger partial charge in [0.15, 0.2) is 0 Å². The number of nitrogens with one attached hydrogen (secondary N) is 1. The lowest BCUT2D eigenvalue weighted by Crippen LogP contribution is -2.40. The molecule has 0 aliphatic carbocycles. The molecule has 2 atom stereocenters. The van der Waals surface area contributed by atoms with E-state index in [0.717, 1.165) is 23.1 Å². The predicted octanol–water partition coefficient (Wildman–Crippen LogP) is 4.39. The van der Waals surface area contributed by atoms with Crippen LogP contribution in [-0.2, 0) is 16.1 Å². The van der Waals surface area contributed by atoms with Crippen LogP contribution in [0.2, 0.25) is 0 Å². The second-order valence-electron chi connectivity index (χ2n) is 7.13. The highest BCUT2D eigenvalue weighted by molar-refractivity contribution is 5.79. The zero-order chi connectivity index (χ0) is 19.8. The molecule has 0 aromatic heterocycles. The average Bonchev–Trinajstić information content (AvgIpc) is 2.66. The van der Waals surface area contributed by atoms with Crippen molar-refractivity contribution in [3.8, 4) is 0 Å². The molecule has 0 fully saturated rings. The monoisotopic (exact) mass is 366 g/mol. The molecule has 4 nitrogen and oxygen atoms in total. The van der Waals surface area contributed by atoms with Gasteiger partial charge < -0.3 is 10.2 Å². The number of carbonyl (C=O) groups is 2. The fourth-order valence-corrected chi connectivity index (χ4v) is 3.08. The number of hydrogen-bond acceptors (Lipinski definition) is 2. The molecule has 0 bridgehead atoms. The van der Waals surface area contributed by atoms with E-state index in [1.165, 1.54) is 6.92 Å². The minimum atomic E-state index is -0.321. The number of amides is 2. The van der Waals surface area contributed by atoms with Crippen molar-refractivity contribution in [2.75, 3.05) is 0 Å². The Bertz CT molecular complexity index is 741. The maximum atomic E-state index is 13.2. The zero-order valence-corrected chi connectivity index (χ0v) is 16.7. The van der Waals surface area contributed by atoms with Crippen LogP contribution in [0.3, 0.4) is 0 Å². The van der Waals surface area contributed by atoms with E-state index in [1.807, 2.05) is 66.4 Å². The largest absolute Gasteiger partial charge is 0.349 e. The van der Waals surface area contributed by atoms with Gasteiger partial charge in [-0.05, 0) is 31.4 Å². The average molecular weight is 367 g/mol. The third-order valence-corrected chi connectivity index (χ3v) is 4.87. The molecule has 4 heteroatoms. The topological polar surface area (TPSA) is 49.4 Å². The van der Waals surface area contributed by atoms with Crippen LogP contribution in [0.15, 0.2) is 54.6 Å². The van der Waals surface area contributed by atoms with Crippen LogP contribution in [-0.4, -0.2) is 22.8 Å². The lowest BCUT2D eigenvalue weighted by molar-refractivity contribution is -0.134. The summed E-state index contributed by atoms with van der Waals surface area (Å²) in [5.74, 6) is -0.0842. The minimum absolute atomic E-state index is 0.0486. The Morgan fingerprint density at radius 2 is 1.67 bits per heavy atom. The summed E-state index contributed by atoms with van der Waals surface area (Å²) in [6.45, 7) is 8.24. The predicted molar refractivity (Wildman–Crippen MR) is 109 cm³/mol. The van der Waals surface area contributed by atoms with E-state index in [2.05, 4.69) is 19.2 Å². The standard InChI is InChI=1S/C23H30N2O2/c1-5-18(3)25(16-20-9-7-6-8-10-20)23(27)15-22(24-19(4)26)21-13-11-17(2)12-14-21/h6-14,18,22H,5,15-16H2,1-4H3,(H,24,26). The molecule has 2 amide bonds. The highest BCUT2D eigenvalue weighted by Crippen LogP contribution is 2.21. The van der Waals surface area contributed by atoms with E-state index in [9.17, 15) is 9.59 Å². The molecule has 0 aliphatic rings. The summed E-state index contributed by atoms with van der Waals surface area (Å²) in [5, 5.41) is 2.94. The van der Waals surface area contributed by atoms with Crippen molar-refractivity contribution in [1.29, 1.82) is 0 Å². The van der Waals surface area contributed by atoms with Gasteiger partial charge in [0.05, 0.1) is 12.5 Å². The van der Waals surface area contributed by atoms with E-state index < -0.39 is 0 Å². The number of aryl methyl sites for hydroxylation is 1. The van der Waals surface area contributed by atoms with Gasteiger partial charge in [-0.1, -0.05) is 67.1 Å². The van der Waals surface area contributed by atoms with Gasteiger partial charge in [0.25, 0.3) is 0 Å². The number of carbonyl (C=O) groups excluding carboxylic acids is 2. The van der Waals surface area contributed by atoms with Gasteiger partial charge in [0, 0.05) is 19.5 Å². The number of benzene rings is 2. The van der Waals surface area contributed by atoms with E-state index in [-0.39, 0.29) is 30.3 Å². The van der Waals surface area contributed by atoms with Gasteiger partial charge in [-0.25, -0.2) is 0 Å². The van der Waals surface area contributed by atoms with Gasteiger partial charge in [0.2, 0.25) is 11.8 Å². The molecular formula is C23H30N2O2. The summed E-state index contributed by atoms with van der Waals surface area (Å²) in [4.78, 5) is 26.8. The van der Waals surface area contributed by atoms with Crippen LogP contribution >= 0.6 is 0 Å². The molecular weight excluding hydrogens is 336 g/mol. The van der Waals surface area contributed by atoms with Crippen LogP contribution in [0.4, 0.5) is 0 Å². The third-order valence-electron chi connectivity index (χ3n) is 4.87. The highest BCUT2D eigenvalue weighted by atomic mass is 16.2. The Kier molecular flexibility index (Phi) is 7.59. The Balaban J connectivity index is 2.20. The van der Waals surface area contributed by atoms with Crippen LogP contribution < -0.4 is 5.32 Å². The summed E-state index contributed by atoms with van der Waals surface area (Å²) in [6.07, 6.45) is 1.13. The quantitative estimate of drug-likeness (QED) is 0.753. The molecule has 2 aromatic carbocycles. The molecule has 0 heterocycles. The second kappa shape index (κ2) is 9.91. The van der Waals surface area contributed by atoms with Crippen molar-refractivity contribution < 1.29 is 9.59 Å². The molecule has 0 saturated carbocycles.